The van der Waals surface area contributed by atoms with Crippen LogP contribution in [0.4, 0.5) is 0 Å². The third-order valence-electron chi connectivity index (χ3n) is 6.53. The maximum atomic E-state index is 12.8. The number of nitrogens with one attached hydrogen (secondary N) is 3. The lowest BCUT2D eigenvalue weighted by Crippen LogP contribution is -2.52. The van der Waals surface area contributed by atoms with E-state index >= 15 is 0 Å². The zero-order valence-electron chi connectivity index (χ0n) is 16.3. The van der Waals surface area contributed by atoms with E-state index in [9.17, 15) is 14.4 Å². The van der Waals surface area contributed by atoms with Crippen molar-refractivity contribution in [1.29, 1.82) is 0 Å². The van der Waals surface area contributed by atoms with Gasteiger partial charge >= 0.3 is 0 Å². The molecule has 1 aliphatic carbocycles. The van der Waals surface area contributed by atoms with Crippen LogP contribution >= 0.6 is 0 Å². The van der Waals surface area contributed by atoms with E-state index in [0.29, 0.717) is 36.7 Å². The number of carbonyl (C=O) groups is 3. The van der Waals surface area contributed by atoms with Crippen LogP contribution in [0, 0.1) is 0 Å². The highest BCUT2D eigenvalue weighted by Gasteiger charge is 2.39. The summed E-state index contributed by atoms with van der Waals surface area (Å²) in [5.74, 6) is -0.768. The second kappa shape index (κ2) is 7.51. The monoisotopic (exact) mass is 398 g/mol. The zero-order chi connectivity index (χ0) is 20.0. The third-order valence-corrected chi connectivity index (χ3v) is 6.53. The first kappa shape index (κ1) is 18.7. The van der Waals surface area contributed by atoms with Crippen molar-refractivity contribution < 1.29 is 19.1 Å². The summed E-state index contributed by atoms with van der Waals surface area (Å²) in [6, 6.07) is 6.20. The lowest BCUT2D eigenvalue weighted by Gasteiger charge is -2.29. The Morgan fingerprint density at radius 1 is 1.21 bits per heavy atom. The van der Waals surface area contributed by atoms with Gasteiger partial charge in [-0.15, -0.1) is 0 Å². The van der Waals surface area contributed by atoms with Gasteiger partial charge in [-0.25, -0.2) is 0 Å². The molecule has 5 rings (SSSR count). The van der Waals surface area contributed by atoms with Crippen LogP contribution in [0.15, 0.2) is 18.2 Å². The topological polar surface area (TPSA) is 99.8 Å². The van der Waals surface area contributed by atoms with E-state index in [4.69, 9.17) is 4.74 Å². The van der Waals surface area contributed by atoms with Crippen molar-refractivity contribution in [2.45, 2.75) is 63.0 Å². The summed E-state index contributed by atoms with van der Waals surface area (Å²) in [4.78, 5) is 37.9. The number of benzene rings is 1. The Labute approximate surface area is 169 Å². The molecule has 3 N–H and O–H groups in total. The lowest BCUT2D eigenvalue weighted by molar-refractivity contribution is -0.136. The normalized spacial score (nSPS) is 31.6. The molecule has 29 heavy (non-hydrogen) atoms. The van der Waals surface area contributed by atoms with Crippen LogP contribution in [-0.2, 0) is 27.4 Å². The summed E-state index contributed by atoms with van der Waals surface area (Å²) in [6.45, 7) is 2.87. The highest BCUT2D eigenvalue weighted by Crippen LogP contribution is 2.29. The van der Waals surface area contributed by atoms with Crippen LogP contribution < -0.4 is 16.0 Å². The Bertz CT molecular complexity index is 843. The molecule has 3 aliphatic heterocycles. The molecule has 0 aromatic heterocycles. The number of fused-ring (bicyclic) bond motifs is 2. The number of hydrogen-bond acceptors (Lipinski definition) is 6. The molecule has 4 unspecified atom stereocenters. The van der Waals surface area contributed by atoms with Crippen LogP contribution in [0.25, 0.3) is 0 Å². The summed E-state index contributed by atoms with van der Waals surface area (Å²) < 4.78 is 5.84. The summed E-state index contributed by atoms with van der Waals surface area (Å²) >= 11 is 0. The van der Waals surface area contributed by atoms with Gasteiger partial charge in [0.05, 0.1) is 12.7 Å². The number of amides is 3. The number of imide groups is 1. The zero-order valence-corrected chi connectivity index (χ0v) is 16.3. The van der Waals surface area contributed by atoms with Gasteiger partial charge in [0.1, 0.15) is 6.04 Å². The van der Waals surface area contributed by atoms with Gasteiger partial charge in [-0.3, -0.25) is 19.7 Å². The van der Waals surface area contributed by atoms with Gasteiger partial charge in [0.25, 0.3) is 5.91 Å². The van der Waals surface area contributed by atoms with Crippen molar-refractivity contribution in [2.75, 3.05) is 13.2 Å². The Kier molecular flexibility index (Phi) is 4.85. The summed E-state index contributed by atoms with van der Waals surface area (Å²) in [6.07, 6.45) is 3.05. The second-order valence-corrected chi connectivity index (χ2v) is 8.41. The smallest absolute Gasteiger partial charge is 0.255 e. The Morgan fingerprint density at radius 2 is 2.10 bits per heavy atom. The van der Waals surface area contributed by atoms with Gasteiger partial charge in [0, 0.05) is 43.7 Å². The fourth-order valence-corrected chi connectivity index (χ4v) is 5.02. The molecule has 8 heteroatoms. The van der Waals surface area contributed by atoms with E-state index in [0.717, 1.165) is 43.7 Å². The van der Waals surface area contributed by atoms with E-state index in [-0.39, 0.29) is 24.1 Å². The molecule has 2 saturated heterocycles. The average molecular weight is 398 g/mol. The van der Waals surface area contributed by atoms with Gasteiger partial charge in [-0.05, 0) is 36.5 Å². The molecule has 0 bridgehead atoms. The minimum absolute atomic E-state index is 0.128. The minimum atomic E-state index is -0.566. The SMILES string of the molecule is O=C1CCC(N2Cc3cc(CNC4CC5NCCOC5C4)ccc3C2=O)C(=O)N1. The van der Waals surface area contributed by atoms with Crippen molar-refractivity contribution in [3.63, 3.8) is 0 Å². The van der Waals surface area contributed by atoms with Gasteiger partial charge in [-0.1, -0.05) is 12.1 Å². The number of rotatable bonds is 4. The predicted molar refractivity (Wildman–Crippen MR) is 104 cm³/mol. The number of carbonyl (C=O) groups excluding carboxylic acids is 3. The van der Waals surface area contributed by atoms with E-state index < -0.39 is 6.04 Å². The van der Waals surface area contributed by atoms with Crippen LogP contribution in [-0.4, -0.2) is 60.0 Å². The second-order valence-electron chi connectivity index (χ2n) is 8.41. The fraction of sp³-hybridized carbons (Fsp3) is 0.571. The van der Waals surface area contributed by atoms with Crippen molar-refractivity contribution >= 4 is 17.7 Å². The van der Waals surface area contributed by atoms with Gasteiger partial charge in [-0.2, -0.15) is 0 Å². The molecule has 3 fully saturated rings. The molecule has 0 spiro atoms. The molecule has 1 aromatic carbocycles. The van der Waals surface area contributed by atoms with E-state index in [1.54, 1.807) is 4.90 Å². The molecule has 3 heterocycles. The average Bonchev–Trinajstić information content (AvgIpc) is 3.27. The Morgan fingerprint density at radius 3 is 2.93 bits per heavy atom. The van der Waals surface area contributed by atoms with Crippen LogP contribution in [0.2, 0.25) is 0 Å². The highest BCUT2D eigenvalue weighted by atomic mass is 16.5. The lowest BCUT2D eigenvalue weighted by atomic mass is 10.0. The maximum Gasteiger partial charge on any atom is 0.255 e. The first-order chi connectivity index (χ1) is 14.1. The molecule has 3 amide bonds. The quantitative estimate of drug-likeness (QED) is 0.620. The van der Waals surface area contributed by atoms with Crippen molar-refractivity contribution in [3.05, 3.63) is 34.9 Å². The van der Waals surface area contributed by atoms with Crippen LogP contribution in [0.1, 0.15) is 47.2 Å². The number of piperidine rings is 1. The summed E-state index contributed by atoms with van der Waals surface area (Å²) in [7, 11) is 0. The largest absolute Gasteiger partial charge is 0.375 e. The Hall–Kier alpha value is -2.29. The maximum absolute atomic E-state index is 12.8. The van der Waals surface area contributed by atoms with Crippen LogP contribution in [0.3, 0.4) is 0 Å². The van der Waals surface area contributed by atoms with Crippen molar-refractivity contribution in [3.8, 4) is 0 Å². The van der Waals surface area contributed by atoms with E-state index in [2.05, 4.69) is 22.0 Å². The molecular formula is C21H26N4O4. The molecule has 8 nitrogen and oxygen atoms in total. The summed E-state index contributed by atoms with van der Waals surface area (Å²) in [5.41, 5.74) is 2.73. The first-order valence-electron chi connectivity index (χ1n) is 10.4. The molecule has 4 aliphatic rings. The Balaban J connectivity index is 1.22. The number of morpholine rings is 1. The standard InChI is InChI=1S/C21H26N4O4/c26-19-4-3-17(20(27)24-19)25-11-13-7-12(1-2-15(13)21(25)28)10-23-14-8-16-18(9-14)29-6-5-22-16/h1-2,7,14,16-18,22-23H,3-6,8-11H2,(H,24,26,27). The fourth-order valence-electron chi connectivity index (χ4n) is 5.02. The van der Waals surface area contributed by atoms with E-state index in [1.807, 2.05) is 12.1 Å². The van der Waals surface area contributed by atoms with Gasteiger partial charge in [0.15, 0.2) is 0 Å². The van der Waals surface area contributed by atoms with Crippen LogP contribution in [0.5, 0.6) is 0 Å². The van der Waals surface area contributed by atoms with Gasteiger partial charge in [0.2, 0.25) is 11.8 Å². The van der Waals surface area contributed by atoms with Gasteiger partial charge < -0.3 is 20.3 Å². The first-order valence-corrected chi connectivity index (χ1v) is 10.4. The molecular weight excluding hydrogens is 372 g/mol. The summed E-state index contributed by atoms with van der Waals surface area (Å²) in [5, 5.41) is 9.49. The minimum Gasteiger partial charge on any atom is -0.375 e. The van der Waals surface area contributed by atoms with E-state index in [1.165, 1.54) is 0 Å². The molecule has 0 radical (unpaired) electrons. The van der Waals surface area contributed by atoms with Crippen molar-refractivity contribution in [1.82, 2.24) is 20.9 Å². The predicted octanol–water partition coefficient (Wildman–Crippen LogP) is 0.0566. The molecule has 1 saturated carbocycles. The number of nitrogens with zero attached hydrogens (tertiary/aromatic N) is 1. The highest BCUT2D eigenvalue weighted by molar-refractivity contribution is 6.05. The number of ether oxygens (including phenoxy) is 1. The van der Waals surface area contributed by atoms with Crippen molar-refractivity contribution in [2.24, 2.45) is 0 Å². The third kappa shape index (κ3) is 3.56. The molecule has 154 valence electrons. The number of hydrogen-bond donors (Lipinski definition) is 3. The molecule has 1 aromatic rings. The molecule has 4 atom stereocenters.